The quantitative estimate of drug-likeness (QED) is 0.608. The van der Waals surface area contributed by atoms with E-state index < -0.39 is 11.2 Å². The molecule has 2 aromatic rings. The summed E-state index contributed by atoms with van der Waals surface area (Å²) in [6.45, 7) is 0.0223. The molecule has 1 amide bonds. The van der Waals surface area contributed by atoms with Crippen LogP contribution >= 0.6 is 11.6 Å². The van der Waals surface area contributed by atoms with E-state index in [2.05, 4.69) is 16.0 Å². The Labute approximate surface area is 136 Å². The smallest absolute Gasteiger partial charge is 0.277 e. The van der Waals surface area contributed by atoms with E-state index in [-0.39, 0.29) is 23.4 Å². The number of terminal acetylenes is 1. The van der Waals surface area contributed by atoms with Gasteiger partial charge in [-0.15, -0.1) is 6.42 Å². The molecule has 0 N–H and O–H groups in total. The first-order valence-corrected chi connectivity index (χ1v) is 8.33. The number of amides is 1. The SMILES string of the molecule is C#CCN(C(=O)C[S+](C)[O-])c1cn(-c2cccnc2)nc1Cl. The Kier molecular flexibility index (Phi) is 5.44. The van der Waals surface area contributed by atoms with Crippen molar-refractivity contribution in [3.05, 3.63) is 35.9 Å². The Balaban J connectivity index is 2.35. The fraction of sp³-hybridized carbons (Fsp3) is 0.214. The normalized spacial score (nSPS) is 11.7. The Bertz CT molecular complexity index is 697. The predicted octanol–water partition coefficient (Wildman–Crippen LogP) is 1.27. The third-order valence-corrected chi connectivity index (χ3v) is 3.65. The van der Waals surface area contributed by atoms with E-state index in [1.165, 1.54) is 15.8 Å². The van der Waals surface area contributed by atoms with Crippen molar-refractivity contribution in [2.24, 2.45) is 0 Å². The van der Waals surface area contributed by atoms with Crippen LogP contribution in [-0.2, 0) is 16.0 Å². The molecule has 0 saturated heterocycles. The molecule has 114 valence electrons. The molecule has 0 radical (unpaired) electrons. The Morgan fingerprint density at radius 2 is 2.41 bits per heavy atom. The van der Waals surface area contributed by atoms with Crippen LogP contribution in [0, 0.1) is 12.3 Å². The monoisotopic (exact) mass is 336 g/mol. The third kappa shape index (κ3) is 3.80. The van der Waals surface area contributed by atoms with Crippen molar-refractivity contribution in [3.8, 4) is 18.0 Å². The average Bonchev–Trinajstić information content (AvgIpc) is 2.86. The molecule has 22 heavy (non-hydrogen) atoms. The number of hydrogen-bond donors (Lipinski definition) is 0. The number of nitrogens with zero attached hydrogens (tertiary/aromatic N) is 4. The van der Waals surface area contributed by atoms with Gasteiger partial charge in [0.05, 0.1) is 30.9 Å². The van der Waals surface area contributed by atoms with Gasteiger partial charge in [-0.1, -0.05) is 17.5 Å². The minimum atomic E-state index is -1.27. The second-order valence-electron chi connectivity index (χ2n) is 4.36. The first-order chi connectivity index (χ1) is 10.5. The number of carbonyl (C=O) groups excluding carboxylic acids is 1. The lowest BCUT2D eigenvalue weighted by Crippen LogP contribution is -2.35. The largest absolute Gasteiger partial charge is 0.616 e. The van der Waals surface area contributed by atoms with Gasteiger partial charge in [-0.3, -0.25) is 14.7 Å². The van der Waals surface area contributed by atoms with E-state index >= 15 is 0 Å². The van der Waals surface area contributed by atoms with Gasteiger partial charge in [-0.2, -0.15) is 5.10 Å². The number of aromatic nitrogens is 3. The summed E-state index contributed by atoms with van der Waals surface area (Å²) < 4.78 is 12.8. The van der Waals surface area contributed by atoms with E-state index in [0.29, 0.717) is 11.4 Å². The lowest BCUT2D eigenvalue weighted by molar-refractivity contribution is -0.116. The van der Waals surface area contributed by atoms with Gasteiger partial charge < -0.3 is 4.55 Å². The molecule has 0 spiro atoms. The zero-order valence-corrected chi connectivity index (χ0v) is 13.3. The van der Waals surface area contributed by atoms with Crippen LogP contribution in [0.15, 0.2) is 30.7 Å². The molecule has 8 heteroatoms. The van der Waals surface area contributed by atoms with Gasteiger partial charge in [0, 0.05) is 6.20 Å². The highest BCUT2D eigenvalue weighted by Gasteiger charge is 2.23. The fourth-order valence-corrected chi connectivity index (χ4v) is 2.53. The summed E-state index contributed by atoms with van der Waals surface area (Å²) in [6, 6.07) is 3.56. The van der Waals surface area contributed by atoms with E-state index in [1.807, 2.05) is 0 Å². The van der Waals surface area contributed by atoms with Crippen LogP contribution in [0.4, 0.5) is 5.69 Å². The first kappa shape index (κ1) is 16.4. The minimum Gasteiger partial charge on any atom is -0.616 e. The molecule has 2 rings (SSSR count). The van der Waals surface area contributed by atoms with E-state index in [0.717, 1.165) is 0 Å². The lowest BCUT2D eigenvalue weighted by Gasteiger charge is -2.18. The molecule has 1 atom stereocenters. The van der Waals surface area contributed by atoms with Crippen molar-refractivity contribution in [2.45, 2.75) is 0 Å². The molecule has 2 heterocycles. The van der Waals surface area contributed by atoms with Crippen LogP contribution in [0.5, 0.6) is 0 Å². The van der Waals surface area contributed by atoms with Gasteiger partial charge in [0.25, 0.3) is 5.91 Å². The Hall–Kier alpha value is -2.01. The predicted molar refractivity (Wildman–Crippen MR) is 86.5 cm³/mol. The molecule has 1 unspecified atom stereocenters. The number of carbonyl (C=O) groups is 1. The number of pyridine rings is 1. The molecule has 0 aliphatic rings. The van der Waals surface area contributed by atoms with E-state index in [9.17, 15) is 9.35 Å². The zero-order valence-electron chi connectivity index (χ0n) is 11.8. The molecular formula is C14H13ClN4O2S. The Morgan fingerprint density at radius 3 is 3.00 bits per heavy atom. The maximum absolute atomic E-state index is 12.2. The molecule has 6 nitrogen and oxygen atoms in total. The molecule has 0 fully saturated rings. The number of hydrogen-bond acceptors (Lipinski definition) is 4. The van der Waals surface area contributed by atoms with Crippen LogP contribution in [0.3, 0.4) is 0 Å². The van der Waals surface area contributed by atoms with E-state index in [4.69, 9.17) is 18.0 Å². The van der Waals surface area contributed by atoms with Gasteiger partial charge in [-0.05, 0) is 23.3 Å². The minimum absolute atomic E-state index is 0.0223. The summed E-state index contributed by atoms with van der Waals surface area (Å²) in [4.78, 5) is 17.5. The number of rotatable bonds is 5. The second-order valence-corrected chi connectivity index (χ2v) is 6.16. The van der Waals surface area contributed by atoms with E-state index in [1.54, 1.807) is 30.7 Å². The van der Waals surface area contributed by atoms with Gasteiger partial charge in [0.1, 0.15) is 5.69 Å². The maximum Gasteiger partial charge on any atom is 0.277 e. The topological polar surface area (TPSA) is 74.1 Å². The zero-order chi connectivity index (χ0) is 16.1. The molecular weight excluding hydrogens is 324 g/mol. The summed E-state index contributed by atoms with van der Waals surface area (Å²) in [7, 11) is 0. The highest BCUT2D eigenvalue weighted by Crippen LogP contribution is 2.26. The molecule has 0 aliphatic heterocycles. The average molecular weight is 337 g/mol. The summed E-state index contributed by atoms with van der Waals surface area (Å²) in [5.74, 6) is 1.90. The molecule has 2 aromatic heterocycles. The van der Waals surface area contributed by atoms with Crippen molar-refractivity contribution in [1.82, 2.24) is 14.8 Å². The van der Waals surface area contributed by atoms with Crippen LogP contribution in [-0.4, -0.2) is 43.8 Å². The van der Waals surface area contributed by atoms with Crippen molar-refractivity contribution >= 4 is 34.4 Å². The maximum atomic E-state index is 12.2. The highest BCUT2D eigenvalue weighted by molar-refractivity contribution is 7.91. The van der Waals surface area contributed by atoms with Crippen LogP contribution in [0.25, 0.3) is 5.69 Å². The van der Waals surface area contributed by atoms with Gasteiger partial charge in [-0.25, -0.2) is 4.68 Å². The molecule has 0 bridgehead atoms. The number of halogens is 1. The van der Waals surface area contributed by atoms with Crippen LogP contribution in [0.1, 0.15) is 0 Å². The summed E-state index contributed by atoms with van der Waals surface area (Å²) >= 11 is 4.85. The van der Waals surface area contributed by atoms with Crippen molar-refractivity contribution in [1.29, 1.82) is 0 Å². The second kappa shape index (κ2) is 7.31. The van der Waals surface area contributed by atoms with Gasteiger partial charge >= 0.3 is 0 Å². The number of anilines is 1. The van der Waals surface area contributed by atoms with Gasteiger partial charge in [0.15, 0.2) is 10.9 Å². The molecule has 0 saturated carbocycles. The highest BCUT2D eigenvalue weighted by atomic mass is 35.5. The summed E-state index contributed by atoms with van der Waals surface area (Å²) in [6.07, 6.45) is 11.6. The first-order valence-electron chi connectivity index (χ1n) is 6.22. The van der Waals surface area contributed by atoms with Gasteiger partial charge in [0.2, 0.25) is 0 Å². The fourth-order valence-electron chi connectivity index (χ4n) is 1.80. The summed E-state index contributed by atoms with van der Waals surface area (Å²) in [5, 5.41) is 4.28. The standard InChI is InChI=1S/C14H13ClN4O2S/c1-3-7-18(13(20)10-22(2)21)12-9-19(17-14(12)15)11-5-4-6-16-8-11/h1,4-6,8-9H,7,10H2,2H3. The van der Waals surface area contributed by atoms with Crippen molar-refractivity contribution in [3.63, 3.8) is 0 Å². The molecule has 0 aliphatic carbocycles. The molecule has 0 aromatic carbocycles. The van der Waals surface area contributed by atoms with Crippen LogP contribution < -0.4 is 4.90 Å². The van der Waals surface area contributed by atoms with Crippen LogP contribution in [0.2, 0.25) is 5.15 Å². The van der Waals surface area contributed by atoms with Crippen molar-refractivity contribution in [2.75, 3.05) is 23.5 Å². The third-order valence-electron chi connectivity index (χ3n) is 2.73. The lowest BCUT2D eigenvalue weighted by atomic mass is 10.4. The van der Waals surface area contributed by atoms with Crippen molar-refractivity contribution < 1.29 is 9.35 Å². The summed E-state index contributed by atoms with van der Waals surface area (Å²) in [5.41, 5.74) is 1.07. The Morgan fingerprint density at radius 1 is 1.64 bits per heavy atom.